The van der Waals surface area contributed by atoms with Crippen LogP contribution in [0, 0.1) is 0 Å². The second-order valence-corrected chi connectivity index (χ2v) is 5.39. The highest BCUT2D eigenvalue weighted by Gasteiger charge is 2.12. The number of aromatic nitrogens is 2. The summed E-state index contributed by atoms with van der Waals surface area (Å²) in [7, 11) is 0. The van der Waals surface area contributed by atoms with E-state index in [0.717, 1.165) is 21.8 Å². The number of rotatable bonds is 3. The van der Waals surface area contributed by atoms with Crippen LogP contribution in [0.2, 0.25) is 5.02 Å². The van der Waals surface area contributed by atoms with Crippen LogP contribution in [-0.4, -0.2) is 21.0 Å². The number of aromatic carboxylic acids is 1. The van der Waals surface area contributed by atoms with Crippen LogP contribution in [0.15, 0.2) is 41.9 Å². The number of H-pyrrole nitrogens is 1. The first kappa shape index (κ1) is 12.9. The summed E-state index contributed by atoms with van der Waals surface area (Å²) in [6.45, 7) is 0. The number of carboxylic acid groups (broad SMARTS) is 1. The van der Waals surface area contributed by atoms with Gasteiger partial charge in [-0.2, -0.15) is 0 Å². The molecule has 2 heterocycles. The maximum atomic E-state index is 10.9. The molecule has 20 heavy (non-hydrogen) atoms. The summed E-state index contributed by atoms with van der Waals surface area (Å²) in [6.07, 6.45) is 1.63. The highest BCUT2D eigenvalue weighted by Crippen LogP contribution is 2.33. The Kier molecular flexibility index (Phi) is 3.30. The van der Waals surface area contributed by atoms with Crippen molar-refractivity contribution in [3.63, 3.8) is 0 Å². The summed E-state index contributed by atoms with van der Waals surface area (Å²) in [5, 5.41) is 12.2. The summed E-state index contributed by atoms with van der Waals surface area (Å²) >= 11 is 7.61. The van der Waals surface area contributed by atoms with Crippen molar-refractivity contribution < 1.29 is 9.90 Å². The molecule has 0 fully saturated rings. The third kappa shape index (κ3) is 2.33. The molecular formula is C14H9ClN2O2S. The van der Waals surface area contributed by atoms with E-state index >= 15 is 0 Å². The molecule has 1 aromatic carbocycles. The van der Waals surface area contributed by atoms with Gasteiger partial charge in [-0.3, -0.25) is 0 Å². The number of hydrogen-bond donors (Lipinski definition) is 2. The van der Waals surface area contributed by atoms with Crippen molar-refractivity contribution in [3.8, 4) is 21.8 Å². The number of halogens is 1. The summed E-state index contributed by atoms with van der Waals surface area (Å²) < 4.78 is 0. The first-order chi connectivity index (χ1) is 9.65. The molecule has 100 valence electrons. The third-order valence-electron chi connectivity index (χ3n) is 2.82. The van der Waals surface area contributed by atoms with Crippen molar-refractivity contribution >= 4 is 28.9 Å². The fourth-order valence-corrected chi connectivity index (χ4v) is 2.98. The van der Waals surface area contributed by atoms with Gasteiger partial charge in [0.2, 0.25) is 0 Å². The van der Waals surface area contributed by atoms with E-state index in [1.54, 1.807) is 12.3 Å². The lowest BCUT2D eigenvalue weighted by atomic mass is 10.2. The molecule has 0 aliphatic carbocycles. The second kappa shape index (κ2) is 5.11. The topological polar surface area (TPSA) is 66.0 Å². The number of benzene rings is 1. The van der Waals surface area contributed by atoms with E-state index in [4.69, 9.17) is 16.7 Å². The molecule has 0 aliphatic heterocycles. The maximum absolute atomic E-state index is 10.9. The highest BCUT2D eigenvalue weighted by atomic mass is 35.5. The van der Waals surface area contributed by atoms with Crippen LogP contribution < -0.4 is 0 Å². The van der Waals surface area contributed by atoms with Gasteiger partial charge in [-0.05, 0) is 12.1 Å². The Labute approximate surface area is 123 Å². The van der Waals surface area contributed by atoms with Crippen molar-refractivity contribution in [1.82, 2.24) is 9.97 Å². The summed E-state index contributed by atoms with van der Waals surface area (Å²) in [6, 6.07) is 9.06. The van der Waals surface area contributed by atoms with Crippen molar-refractivity contribution in [3.05, 3.63) is 52.6 Å². The number of carboxylic acids is 1. The van der Waals surface area contributed by atoms with Crippen LogP contribution in [0.25, 0.3) is 21.8 Å². The van der Waals surface area contributed by atoms with E-state index in [0.29, 0.717) is 5.02 Å². The summed E-state index contributed by atoms with van der Waals surface area (Å²) in [5.41, 5.74) is 2.50. The zero-order valence-corrected chi connectivity index (χ0v) is 11.7. The molecule has 0 amide bonds. The van der Waals surface area contributed by atoms with Crippen molar-refractivity contribution in [1.29, 1.82) is 0 Å². The Morgan fingerprint density at radius 1 is 1.35 bits per heavy atom. The number of aromatic amines is 1. The molecule has 0 saturated carbocycles. The van der Waals surface area contributed by atoms with Gasteiger partial charge in [-0.15, -0.1) is 11.3 Å². The van der Waals surface area contributed by atoms with Crippen LogP contribution in [0.5, 0.6) is 0 Å². The Hall–Kier alpha value is -2.11. The van der Waals surface area contributed by atoms with Gasteiger partial charge in [0.1, 0.15) is 10.7 Å². The molecule has 0 atom stereocenters. The molecule has 0 aliphatic rings. The third-order valence-corrected chi connectivity index (χ3v) is 4.02. The van der Waals surface area contributed by atoms with Gasteiger partial charge in [0.05, 0.1) is 10.7 Å². The lowest BCUT2D eigenvalue weighted by molar-refractivity contribution is 0.0691. The van der Waals surface area contributed by atoms with Crippen LogP contribution in [0.4, 0.5) is 0 Å². The molecule has 0 radical (unpaired) electrons. The minimum Gasteiger partial charge on any atom is -0.477 e. The number of carbonyl (C=O) groups is 1. The monoisotopic (exact) mass is 304 g/mol. The van der Waals surface area contributed by atoms with Crippen LogP contribution in [0.3, 0.4) is 0 Å². The molecule has 3 aromatic rings. The number of nitrogens with zero attached hydrogens (tertiary/aromatic N) is 1. The summed E-state index contributed by atoms with van der Waals surface area (Å²) in [4.78, 5) is 18.1. The van der Waals surface area contributed by atoms with E-state index in [9.17, 15) is 4.79 Å². The average molecular weight is 305 g/mol. The average Bonchev–Trinajstić information content (AvgIpc) is 3.08. The van der Waals surface area contributed by atoms with Crippen molar-refractivity contribution in [2.45, 2.75) is 0 Å². The molecule has 3 rings (SSSR count). The van der Waals surface area contributed by atoms with E-state index < -0.39 is 5.97 Å². The summed E-state index contributed by atoms with van der Waals surface area (Å²) in [5.74, 6) is -0.988. The lowest BCUT2D eigenvalue weighted by Crippen LogP contribution is -1.94. The van der Waals surface area contributed by atoms with Gasteiger partial charge in [0.25, 0.3) is 0 Å². The Bertz CT molecular complexity index is 779. The van der Waals surface area contributed by atoms with E-state index in [-0.39, 0.29) is 5.69 Å². The van der Waals surface area contributed by atoms with Gasteiger partial charge in [0.15, 0.2) is 0 Å². The first-order valence-electron chi connectivity index (χ1n) is 5.77. The molecular weight excluding hydrogens is 296 g/mol. The number of hydrogen-bond acceptors (Lipinski definition) is 3. The highest BCUT2D eigenvalue weighted by molar-refractivity contribution is 7.13. The predicted molar refractivity (Wildman–Crippen MR) is 79.3 cm³/mol. The second-order valence-electron chi connectivity index (χ2n) is 4.12. The molecule has 0 saturated heterocycles. The minimum absolute atomic E-state index is 0.146. The molecule has 0 bridgehead atoms. The van der Waals surface area contributed by atoms with E-state index in [1.807, 2.05) is 29.6 Å². The largest absolute Gasteiger partial charge is 0.477 e. The van der Waals surface area contributed by atoms with E-state index in [1.165, 1.54) is 11.3 Å². The quantitative estimate of drug-likeness (QED) is 0.763. The SMILES string of the molecule is O=C(O)c1cc(-c2csc(-c3ccccc3Cl)n2)c[nH]1. The zero-order chi connectivity index (χ0) is 14.1. The van der Waals surface area contributed by atoms with Gasteiger partial charge in [0, 0.05) is 22.7 Å². The smallest absolute Gasteiger partial charge is 0.352 e. The zero-order valence-electron chi connectivity index (χ0n) is 10.1. The number of thiazole rings is 1. The molecule has 4 nitrogen and oxygen atoms in total. The fraction of sp³-hybridized carbons (Fsp3) is 0. The van der Waals surface area contributed by atoms with Crippen LogP contribution >= 0.6 is 22.9 Å². The number of nitrogens with one attached hydrogen (secondary N) is 1. The maximum Gasteiger partial charge on any atom is 0.352 e. The van der Waals surface area contributed by atoms with E-state index in [2.05, 4.69) is 9.97 Å². The Morgan fingerprint density at radius 2 is 2.15 bits per heavy atom. The van der Waals surface area contributed by atoms with Crippen LogP contribution in [0.1, 0.15) is 10.5 Å². The molecule has 0 unspecified atom stereocenters. The first-order valence-corrected chi connectivity index (χ1v) is 7.03. The van der Waals surface area contributed by atoms with Crippen molar-refractivity contribution in [2.75, 3.05) is 0 Å². The molecule has 2 N–H and O–H groups in total. The predicted octanol–water partition coefficient (Wildman–Crippen LogP) is 4.16. The van der Waals surface area contributed by atoms with Gasteiger partial charge in [-0.25, -0.2) is 9.78 Å². The standard InChI is InChI=1S/C14H9ClN2O2S/c15-10-4-2-1-3-9(10)13-17-12(7-20-13)8-5-11(14(18)19)16-6-8/h1-7,16H,(H,18,19). The minimum atomic E-state index is -0.988. The van der Waals surface area contributed by atoms with Gasteiger partial charge >= 0.3 is 5.97 Å². The normalized spacial score (nSPS) is 10.7. The molecule has 6 heteroatoms. The molecule has 0 spiro atoms. The Balaban J connectivity index is 1.98. The lowest BCUT2D eigenvalue weighted by Gasteiger charge is -1.98. The fourth-order valence-electron chi connectivity index (χ4n) is 1.83. The van der Waals surface area contributed by atoms with Gasteiger partial charge < -0.3 is 10.1 Å². The molecule has 2 aromatic heterocycles. The van der Waals surface area contributed by atoms with Crippen molar-refractivity contribution in [2.24, 2.45) is 0 Å². The van der Waals surface area contributed by atoms with Gasteiger partial charge in [-0.1, -0.05) is 29.8 Å². The Morgan fingerprint density at radius 3 is 2.85 bits per heavy atom. The van der Waals surface area contributed by atoms with Crippen LogP contribution in [-0.2, 0) is 0 Å².